The maximum Gasteiger partial charge on any atom is 0.335 e. The predicted molar refractivity (Wildman–Crippen MR) is 81.9 cm³/mol. The summed E-state index contributed by atoms with van der Waals surface area (Å²) in [6.07, 6.45) is 0. The fourth-order valence-corrected chi connectivity index (χ4v) is 3.09. The van der Waals surface area contributed by atoms with Crippen molar-refractivity contribution in [2.24, 2.45) is 0 Å². The minimum absolute atomic E-state index is 0.190. The largest absolute Gasteiger partial charge is 0.491 e. The highest BCUT2D eigenvalue weighted by Gasteiger charge is 2.20. The van der Waals surface area contributed by atoms with Crippen molar-refractivity contribution in [1.82, 2.24) is 0 Å². The zero-order valence-corrected chi connectivity index (χ0v) is 13.4. The summed E-state index contributed by atoms with van der Waals surface area (Å²) >= 11 is 0. The van der Waals surface area contributed by atoms with Gasteiger partial charge >= 0.3 is 5.97 Å². The Labute approximate surface area is 136 Å². The number of rotatable bonds is 5. The SMILES string of the molecule is COc1c(F)cc(NS(=O)(=O)c2ccc(C)c(C(=O)O)c2)cc1F. The molecule has 0 aliphatic carbocycles. The van der Waals surface area contributed by atoms with E-state index in [1.54, 1.807) is 0 Å². The van der Waals surface area contributed by atoms with E-state index in [1.165, 1.54) is 19.1 Å². The fourth-order valence-electron chi connectivity index (χ4n) is 2.03. The van der Waals surface area contributed by atoms with Crippen LogP contribution in [0.15, 0.2) is 35.2 Å². The Morgan fingerprint density at radius 2 is 1.75 bits per heavy atom. The lowest BCUT2D eigenvalue weighted by atomic mass is 10.1. The third-order valence-electron chi connectivity index (χ3n) is 3.20. The smallest absolute Gasteiger partial charge is 0.335 e. The topological polar surface area (TPSA) is 92.7 Å². The highest BCUT2D eigenvalue weighted by molar-refractivity contribution is 7.92. The van der Waals surface area contributed by atoms with Crippen LogP contribution in [-0.2, 0) is 10.0 Å². The number of halogens is 2. The van der Waals surface area contributed by atoms with Crippen molar-refractivity contribution >= 4 is 21.7 Å². The van der Waals surface area contributed by atoms with E-state index in [0.29, 0.717) is 5.56 Å². The van der Waals surface area contributed by atoms with Gasteiger partial charge in [-0.2, -0.15) is 0 Å². The monoisotopic (exact) mass is 357 g/mol. The first kappa shape index (κ1) is 17.7. The van der Waals surface area contributed by atoms with Crippen molar-refractivity contribution in [3.8, 4) is 5.75 Å². The molecular weight excluding hydrogens is 344 g/mol. The van der Waals surface area contributed by atoms with Crippen LogP contribution in [0.5, 0.6) is 5.75 Å². The molecule has 0 saturated carbocycles. The zero-order chi connectivity index (χ0) is 18.1. The Bertz CT molecular complexity index is 889. The zero-order valence-electron chi connectivity index (χ0n) is 12.6. The number of aryl methyl sites for hydroxylation is 1. The Balaban J connectivity index is 2.43. The molecule has 0 heterocycles. The lowest BCUT2D eigenvalue weighted by molar-refractivity contribution is 0.0696. The summed E-state index contributed by atoms with van der Waals surface area (Å²) in [5, 5.41) is 9.05. The van der Waals surface area contributed by atoms with E-state index in [0.717, 1.165) is 25.3 Å². The number of aromatic carboxylic acids is 1. The summed E-state index contributed by atoms with van der Waals surface area (Å²) in [7, 11) is -3.15. The number of carbonyl (C=O) groups is 1. The number of ether oxygens (including phenoxy) is 1. The first-order valence-electron chi connectivity index (χ1n) is 6.55. The van der Waals surface area contributed by atoms with E-state index < -0.39 is 33.4 Å². The summed E-state index contributed by atoms with van der Waals surface area (Å²) in [5.41, 5.74) is -0.170. The molecule has 0 bridgehead atoms. The number of sulfonamides is 1. The maximum atomic E-state index is 13.6. The van der Waals surface area contributed by atoms with Crippen LogP contribution in [-0.4, -0.2) is 26.6 Å². The van der Waals surface area contributed by atoms with Crippen molar-refractivity contribution in [3.63, 3.8) is 0 Å². The number of hydrogen-bond donors (Lipinski definition) is 2. The predicted octanol–water partition coefficient (Wildman–Crippen LogP) is 2.78. The van der Waals surface area contributed by atoms with Crippen molar-refractivity contribution < 1.29 is 31.8 Å². The molecule has 0 unspecified atom stereocenters. The Hall–Kier alpha value is -2.68. The molecular formula is C15H13F2NO5S. The molecule has 0 aliphatic heterocycles. The van der Waals surface area contributed by atoms with E-state index in [-0.39, 0.29) is 16.1 Å². The van der Waals surface area contributed by atoms with Gasteiger partial charge in [0.05, 0.1) is 23.3 Å². The third kappa shape index (κ3) is 3.46. The van der Waals surface area contributed by atoms with Crippen LogP contribution >= 0.6 is 0 Å². The molecule has 2 aromatic carbocycles. The minimum Gasteiger partial charge on any atom is -0.491 e. The van der Waals surface area contributed by atoms with Gasteiger partial charge in [0.25, 0.3) is 10.0 Å². The van der Waals surface area contributed by atoms with Crippen LogP contribution in [0.4, 0.5) is 14.5 Å². The van der Waals surface area contributed by atoms with E-state index >= 15 is 0 Å². The van der Waals surface area contributed by atoms with Gasteiger partial charge in [0, 0.05) is 12.1 Å². The molecule has 0 aliphatic rings. The van der Waals surface area contributed by atoms with Crippen LogP contribution in [0.25, 0.3) is 0 Å². The first-order valence-corrected chi connectivity index (χ1v) is 8.04. The average Bonchev–Trinajstić information content (AvgIpc) is 2.46. The molecule has 0 fully saturated rings. The number of methoxy groups -OCH3 is 1. The standard InChI is InChI=1S/C15H13F2NO5S/c1-8-3-4-10(7-11(8)15(19)20)24(21,22)18-9-5-12(16)14(23-2)13(17)6-9/h3-7,18H,1-2H3,(H,19,20). The number of carboxylic acid groups (broad SMARTS) is 1. The Morgan fingerprint density at radius 3 is 2.25 bits per heavy atom. The first-order chi connectivity index (χ1) is 11.2. The molecule has 9 heteroatoms. The second-order valence-corrected chi connectivity index (χ2v) is 6.54. The van der Waals surface area contributed by atoms with Gasteiger partial charge in [0.15, 0.2) is 17.4 Å². The molecule has 0 radical (unpaired) electrons. The maximum absolute atomic E-state index is 13.6. The summed E-state index contributed by atoms with van der Waals surface area (Å²) in [6.45, 7) is 1.52. The highest BCUT2D eigenvalue weighted by Crippen LogP contribution is 2.27. The van der Waals surface area contributed by atoms with Gasteiger partial charge in [-0.1, -0.05) is 6.07 Å². The van der Waals surface area contributed by atoms with Gasteiger partial charge in [-0.15, -0.1) is 0 Å². The second kappa shape index (κ2) is 6.44. The average molecular weight is 357 g/mol. The molecule has 6 nitrogen and oxygen atoms in total. The van der Waals surface area contributed by atoms with Gasteiger partial charge in [0.2, 0.25) is 0 Å². The van der Waals surface area contributed by atoms with E-state index in [9.17, 15) is 22.0 Å². The molecule has 0 atom stereocenters. The quantitative estimate of drug-likeness (QED) is 0.858. The Morgan fingerprint density at radius 1 is 1.17 bits per heavy atom. The van der Waals surface area contributed by atoms with Crippen molar-refractivity contribution in [3.05, 3.63) is 53.1 Å². The summed E-state index contributed by atoms with van der Waals surface area (Å²) in [5.74, 6) is -4.08. The van der Waals surface area contributed by atoms with Crippen LogP contribution in [0.2, 0.25) is 0 Å². The second-order valence-electron chi connectivity index (χ2n) is 4.86. The van der Waals surface area contributed by atoms with Crippen LogP contribution in [0.3, 0.4) is 0 Å². The van der Waals surface area contributed by atoms with E-state index in [4.69, 9.17) is 5.11 Å². The van der Waals surface area contributed by atoms with Crippen molar-refractivity contribution in [1.29, 1.82) is 0 Å². The third-order valence-corrected chi connectivity index (χ3v) is 4.58. The number of benzene rings is 2. The summed E-state index contributed by atoms with van der Waals surface area (Å²) in [6, 6.07) is 5.00. The molecule has 2 rings (SSSR count). The van der Waals surface area contributed by atoms with Crippen LogP contribution in [0, 0.1) is 18.6 Å². The van der Waals surface area contributed by atoms with Gasteiger partial charge in [0.1, 0.15) is 0 Å². The summed E-state index contributed by atoms with van der Waals surface area (Å²) < 4.78 is 58.3. The molecule has 2 aromatic rings. The minimum atomic E-state index is -4.23. The van der Waals surface area contributed by atoms with E-state index in [2.05, 4.69) is 4.74 Å². The van der Waals surface area contributed by atoms with Gasteiger partial charge < -0.3 is 9.84 Å². The number of nitrogens with one attached hydrogen (secondary N) is 1. The lowest BCUT2D eigenvalue weighted by Crippen LogP contribution is -2.14. The fraction of sp³-hybridized carbons (Fsp3) is 0.133. The van der Waals surface area contributed by atoms with Gasteiger partial charge in [-0.05, 0) is 24.6 Å². The Kier molecular flexibility index (Phi) is 4.74. The number of carboxylic acids is 1. The lowest BCUT2D eigenvalue weighted by Gasteiger charge is -2.11. The van der Waals surface area contributed by atoms with Crippen LogP contribution < -0.4 is 9.46 Å². The molecule has 24 heavy (non-hydrogen) atoms. The van der Waals surface area contributed by atoms with Gasteiger partial charge in [-0.25, -0.2) is 22.0 Å². The molecule has 0 aromatic heterocycles. The molecule has 0 saturated heterocycles. The van der Waals surface area contributed by atoms with Gasteiger partial charge in [-0.3, -0.25) is 4.72 Å². The van der Waals surface area contributed by atoms with Crippen molar-refractivity contribution in [2.75, 3.05) is 11.8 Å². The molecule has 0 amide bonds. The molecule has 128 valence electrons. The number of hydrogen-bond acceptors (Lipinski definition) is 4. The van der Waals surface area contributed by atoms with E-state index in [1.807, 2.05) is 4.72 Å². The van der Waals surface area contributed by atoms with Crippen molar-refractivity contribution in [2.45, 2.75) is 11.8 Å². The molecule has 0 spiro atoms. The molecule has 2 N–H and O–H groups in total. The number of anilines is 1. The summed E-state index contributed by atoms with van der Waals surface area (Å²) in [4.78, 5) is 10.7. The highest BCUT2D eigenvalue weighted by atomic mass is 32.2. The van der Waals surface area contributed by atoms with Crippen LogP contribution in [0.1, 0.15) is 15.9 Å². The normalized spacial score (nSPS) is 11.2.